The fourth-order valence-electron chi connectivity index (χ4n) is 1.45. The van der Waals surface area contributed by atoms with Crippen LogP contribution in [0.3, 0.4) is 0 Å². The molecule has 0 aliphatic heterocycles. The molecule has 2 rings (SSSR count). The van der Waals surface area contributed by atoms with E-state index in [1.165, 1.54) is 16.2 Å². The van der Waals surface area contributed by atoms with Crippen LogP contribution in [-0.4, -0.2) is 40.5 Å². The van der Waals surface area contributed by atoms with Crippen LogP contribution < -0.4 is 0 Å². The molecule has 0 aliphatic carbocycles. The number of thiazole rings is 1. The predicted molar refractivity (Wildman–Crippen MR) is 74.6 cm³/mol. The highest BCUT2D eigenvalue weighted by atomic mass is 32.1. The minimum atomic E-state index is -0.919. The summed E-state index contributed by atoms with van der Waals surface area (Å²) >= 11 is 2.98. The number of rotatable bonds is 5. The Kier molecular flexibility index (Phi) is 4.28. The van der Waals surface area contributed by atoms with Gasteiger partial charge in [0.1, 0.15) is 10.7 Å². The van der Waals surface area contributed by atoms with Crippen LogP contribution in [0, 0.1) is 0 Å². The first-order valence-electron chi connectivity index (χ1n) is 5.54. The maximum Gasteiger partial charge on any atom is 0.305 e. The monoisotopic (exact) mass is 296 g/mol. The van der Waals surface area contributed by atoms with E-state index in [9.17, 15) is 9.59 Å². The van der Waals surface area contributed by atoms with Gasteiger partial charge < -0.3 is 10.0 Å². The summed E-state index contributed by atoms with van der Waals surface area (Å²) in [6.07, 6.45) is -0.0653. The van der Waals surface area contributed by atoms with Crippen molar-refractivity contribution in [3.8, 4) is 9.88 Å². The minimum Gasteiger partial charge on any atom is -0.481 e. The molecular formula is C12H12N2O3S2. The number of carboxylic acids is 1. The second-order valence-electron chi connectivity index (χ2n) is 3.89. The third-order valence-electron chi connectivity index (χ3n) is 2.46. The van der Waals surface area contributed by atoms with Crippen LogP contribution in [-0.2, 0) is 4.79 Å². The summed E-state index contributed by atoms with van der Waals surface area (Å²) in [6.45, 7) is 0.181. The topological polar surface area (TPSA) is 70.5 Å². The number of thiophene rings is 1. The molecule has 2 heterocycles. The molecule has 1 amide bonds. The zero-order valence-electron chi connectivity index (χ0n) is 10.2. The Balaban J connectivity index is 2.06. The molecule has 0 atom stereocenters. The number of amides is 1. The third-order valence-corrected chi connectivity index (χ3v) is 4.34. The first kappa shape index (κ1) is 13.7. The first-order valence-corrected chi connectivity index (χ1v) is 7.30. The smallest absolute Gasteiger partial charge is 0.305 e. The van der Waals surface area contributed by atoms with Crippen molar-refractivity contribution < 1.29 is 14.7 Å². The molecule has 19 heavy (non-hydrogen) atoms. The normalized spacial score (nSPS) is 10.4. The third kappa shape index (κ3) is 3.39. The fourth-order valence-corrected chi connectivity index (χ4v) is 3.05. The van der Waals surface area contributed by atoms with Crippen molar-refractivity contribution in [3.63, 3.8) is 0 Å². The van der Waals surface area contributed by atoms with E-state index in [1.807, 2.05) is 17.5 Å². The molecule has 0 fully saturated rings. The Morgan fingerprint density at radius 2 is 2.21 bits per heavy atom. The van der Waals surface area contributed by atoms with Crippen LogP contribution in [0.2, 0.25) is 0 Å². The van der Waals surface area contributed by atoms with E-state index in [-0.39, 0.29) is 18.9 Å². The summed E-state index contributed by atoms with van der Waals surface area (Å²) in [4.78, 5) is 29.2. The fraction of sp³-hybridized carbons (Fsp3) is 0.250. The van der Waals surface area contributed by atoms with Crippen LogP contribution in [0.5, 0.6) is 0 Å². The molecule has 2 aromatic heterocycles. The van der Waals surface area contributed by atoms with Gasteiger partial charge >= 0.3 is 5.97 Å². The SMILES string of the molecule is CN(CCC(=O)O)C(=O)c1csc(-c2cccs2)n1. The molecule has 0 saturated carbocycles. The van der Waals surface area contributed by atoms with E-state index in [0.717, 1.165) is 9.88 Å². The lowest BCUT2D eigenvalue weighted by Gasteiger charge is -2.13. The number of hydrogen-bond acceptors (Lipinski definition) is 5. The first-order chi connectivity index (χ1) is 9.08. The quantitative estimate of drug-likeness (QED) is 0.920. The molecule has 0 radical (unpaired) electrons. The maximum atomic E-state index is 12.0. The van der Waals surface area contributed by atoms with Gasteiger partial charge in [-0.1, -0.05) is 6.07 Å². The number of carbonyl (C=O) groups excluding carboxylic acids is 1. The van der Waals surface area contributed by atoms with E-state index in [1.54, 1.807) is 23.8 Å². The Bertz CT molecular complexity index is 578. The molecule has 5 nitrogen and oxygen atoms in total. The average Bonchev–Trinajstić information content (AvgIpc) is 3.04. The Morgan fingerprint density at radius 3 is 2.84 bits per heavy atom. The second-order valence-corrected chi connectivity index (χ2v) is 5.69. The van der Waals surface area contributed by atoms with Gasteiger partial charge in [-0.15, -0.1) is 22.7 Å². The van der Waals surface area contributed by atoms with E-state index in [2.05, 4.69) is 4.98 Å². The molecule has 0 spiro atoms. The Hall–Kier alpha value is -1.73. The lowest BCUT2D eigenvalue weighted by atomic mass is 10.3. The van der Waals surface area contributed by atoms with Crippen molar-refractivity contribution in [2.24, 2.45) is 0 Å². The highest BCUT2D eigenvalue weighted by Gasteiger charge is 2.16. The van der Waals surface area contributed by atoms with Gasteiger partial charge in [-0.3, -0.25) is 9.59 Å². The van der Waals surface area contributed by atoms with E-state index >= 15 is 0 Å². The summed E-state index contributed by atoms with van der Waals surface area (Å²) in [5.74, 6) is -1.17. The second kappa shape index (κ2) is 5.94. The zero-order chi connectivity index (χ0) is 13.8. The molecule has 1 N–H and O–H groups in total. The van der Waals surface area contributed by atoms with Crippen LogP contribution >= 0.6 is 22.7 Å². The predicted octanol–water partition coefficient (Wildman–Crippen LogP) is 2.42. The average molecular weight is 296 g/mol. The van der Waals surface area contributed by atoms with E-state index in [0.29, 0.717) is 5.69 Å². The van der Waals surface area contributed by atoms with Gasteiger partial charge in [0.25, 0.3) is 5.91 Å². The Labute approximate surface area is 118 Å². The maximum absolute atomic E-state index is 12.0. The number of aromatic nitrogens is 1. The molecule has 0 aromatic carbocycles. The summed E-state index contributed by atoms with van der Waals surface area (Å²) in [6, 6.07) is 3.88. The number of carboxylic acid groups (broad SMARTS) is 1. The summed E-state index contributed by atoms with van der Waals surface area (Å²) in [5.41, 5.74) is 0.362. The number of carbonyl (C=O) groups is 2. The molecule has 100 valence electrons. The van der Waals surface area contributed by atoms with Crippen LogP contribution in [0.1, 0.15) is 16.9 Å². The molecule has 0 bridgehead atoms. The minimum absolute atomic E-state index is 0.0653. The largest absolute Gasteiger partial charge is 0.481 e. The highest BCUT2D eigenvalue weighted by Crippen LogP contribution is 2.28. The van der Waals surface area contributed by atoms with Crippen LogP contribution in [0.25, 0.3) is 9.88 Å². The van der Waals surface area contributed by atoms with Gasteiger partial charge in [0.15, 0.2) is 0 Å². The Morgan fingerprint density at radius 1 is 1.42 bits per heavy atom. The van der Waals surface area contributed by atoms with Crippen molar-refractivity contribution >= 4 is 34.6 Å². The van der Waals surface area contributed by atoms with E-state index < -0.39 is 5.97 Å². The highest BCUT2D eigenvalue weighted by molar-refractivity contribution is 7.20. The molecule has 7 heteroatoms. The lowest BCUT2D eigenvalue weighted by molar-refractivity contribution is -0.137. The van der Waals surface area contributed by atoms with Crippen molar-refractivity contribution in [3.05, 3.63) is 28.6 Å². The lowest BCUT2D eigenvalue weighted by Crippen LogP contribution is -2.29. The molecule has 0 aliphatic rings. The number of hydrogen-bond donors (Lipinski definition) is 1. The zero-order valence-corrected chi connectivity index (χ0v) is 11.8. The summed E-state index contributed by atoms with van der Waals surface area (Å²) in [7, 11) is 1.58. The molecule has 0 unspecified atom stereocenters. The van der Waals surface area contributed by atoms with Gasteiger partial charge in [0, 0.05) is 19.0 Å². The number of aliphatic carboxylic acids is 1. The van der Waals surface area contributed by atoms with Gasteiger partial charge in [-0.2, -0.15) is 0 Å². The van der Waals surface area contributed by atoms with Crippen LogP contribution in [0.4, 0.5) is 0 Å². The van der Waals surface area contributed by atoms with Crippen molar-refractivity contribution in [1.29, 1.82) is 0 Å². The summed E-state index contributed by atoms with van der Waals surface area (Å²) in [5, 5.41) is 13.1. The summed E-state index contributed by atoms with van der Waals surface area (Å²) < 4.78 is 0. The van der Waals surface area contributed by atoms with Gasteiger partial charge in [-0.25, -0.2) is 4.98 Å². The van der Waals surface area contributed by atoms with Gasteiger partial charge in [-0.05, 0) is 11.4 Å². The van der Waals surface area contributed by atoms with Crippen molar-refractivity contribution in [2.45, 2.75) is 6.42 Å². The molecule has 0 saturated heterocycles. The molecular weight excluding hydrogens is 284 g/mol. The van der Waals surface area contributed by atoms with Crippen molar-refractivity contribution in [2.75, 3.05) is 13.6 Å². The van der Waals surface area contributed by atoms with Gasteiger partial charge in [0.2, 0.25) is 0 Å². The van der Waals surface area contributed by atoms with Gasteiger partial charge in [0.05, 0.1) is 11.3 Å². The van der Waals surface area contributed by atoms with E-state index in [4.69, 9.17) is 5.11 Å². The van der Waals surface area contributed by atoms with Crippen LogP contribution in [0.15, 0.2) is 22.9 Å². The molecule has 2 aromatic rings. The number of nitrogens with zero attached hydrogens (tertiary/aromatic N) is 2. The standard InChI is InChI=1S/C12H12N2O3S2/c1-14(5-4-10(15)16)12(17)8-7-19-11(13-8)9-3-2-6-18-9/h2-3,6-7H,4-5H2,1H3,(H,15,16). The van der Waals surface area contributed by atoms with Crippen molar-refractivity contribution in [1.82, 2.24) is 9.88 Å².